The number of hydrogen-bond donors (Lipinski definition) is 2. The molecule has 0 unspecified atom stereocenters. The second-order valence-corrected chi connectivity index (χ2v) is 6.08. The van der Waals surface area contributed by atoms with Crippen LogP contribution in [0.5, 0.6) is 0 Å². The van der Waals surface area contributed by atoms with Crippen LogP contribution in [0.1, 0.15) is 24.2 Å². The van der Waals surface area contributed by atoms with Crippen molar-refractivity contribution in [3.05, 3.63) is 29.6 Å². The average molecular weight is 330 g/mol. The van der Waals surface area contributed by atoms with Crippen molar-refractivity contribution in [2.45, 2.75) is 32.7 Å². The van der Waals surface area contributed by atoms with E-state index in [0.29, 0.717) is 5.88 Å². The summed E-state index contributed by atoms with van der Waals surface area (Å²) in [6.45, 7) is 5.73. The van der Waals surface area contributed by atoms with Crippen LogP contribution < -0.4 is 15.5 Å². The molecule has 3 rings (SSSR count). The minimum Gasteiger partial charge on any atom is -0.354 e. The Balaban J connectivity index is 1.48. The summed E-state index contributed by atoms with van der Waals surface area (Å²) in [6, 6.07) is 5.88. The van der Waals surface area contributed by atoms with Gasteiger partial charge in [0.05, 0.1) is 17.9 Å². The molecule has 1 saturated heterocycles. The van der Waals surface area contributed by atoms with Crippen LogP contribution in [0, 0.1) is 13.8 Å². The van der Waals surface area contributed by atoms with Crippen LogP contribution in [0.4, 0.5) is 11.7 Å². The van der Waals surface area contributed by atoms with Crippen molar-refractivity contribution < 1.29 is 9.32 Å². The van der Waals surface area contributed by atoms with E-state index in [2.05, 4.69) is 30.9 Å². The molecule has 1 aliphatic heterocycles. The minimum atomic E-state index is -0.140. The molecule has 8 nitrogen and oxygen atoms in total. The van der Waals surface area contributed by atoms with Crippen molar-refractivity contribution in [3.63, 3.8) is 0 Å². The molecule has 0 bridgehead atoms. The van der Waals surface area contributed by atoms with E-state index in [-0.39, 0.29) is 18.5 Å². The zero-order valence-corrected chi connectivity index (χ0v) is 14.0. The topological polar surface area (TPSA) is 96.2 Å². The largest absolute Gasteiger partial charge is 0.354 e. The Hall–Kier alpha value is -2.48. The van der Waals surface area contributed by atoms with Gasteiger partial charge in [0.25, 0.3) is 0 Å². The van der Waals surface area contributed by atoms with Gasteiger partial charge < -0.3 is 14.7 Å². The van der Waals surface area contributed by atoms with Crippen LogP contribution in [0.15, 0.2) is 22.7 Å². The molecule has 1 amide bonds. The second kappa shape index (κ2) is 7.39. The molecule has 0 saturated carbocycles. The van der Waals surface area contributed by atoms with E-state index in [4.69, 9.17) is 4.52 Å². The van der Waals surface area contributed by atoms with Crippen LogP contribution in [-0.4, -0.2) is 46.9 Å². The molecular formula is C16H22N6O2. The van der Waals surface area contributed by atoms with Gasteiger partial charge in [0, 0.05) is 25.2 Å². The van der Waals surface area contributed by atoms with Crippen LogP contribution in [0.2, 0.25) is 0 Å². The van der Waals surface area contributed by atoms with Crippen LogP contribution >= 0.6 is 0 Å². The lowest BCUT2D eigenvalue weighted by Gasteiger charge is -2.33. The van der Waals surface area contributed by atoms with Gasteiger partial charge in [-0.25, -0.2) is 0 Å². The van der Waals surface area contributed by atoms with E-state index in [9.17, 15) is 4.79 Å². The number of nitrogens with one attached hydrogen (secondary N) is 2. The minimum absolute atomic E-state index is 0.140. The second-order valence-electron chi connectivity index (χ2n) is 6.08. The maximum absolute atomic E-state index is 12.0. The Bertz CT molecular complexity index is 684. The van der Waals surface area contributed by atoms with Crippen LogP contribution in [0.3, 0.4) is 0 Å². The van der Waals surface area contributed by atoms with Crippen molar-refractivity contribution >= 4 is 17.6 Å². The molecular weight excluding hydrogens is 308 g/mol. The number of carbonyl (C=O) groups excluding carboxylic acids is 1. The van der Waals surface area contributed by atoms with Gasteiger partial charge in [-0.3, -0.25) is 10.1 Å². The molecule has 0 aliphatic carbocycles. The summed E-state index contributed by atoms with van der Waals surface area (Å²) in [7, 11) is 0. The lowest BCUT2D eigenvalue weighted by molar-refractivity contribution is -0.115. The summed E-state index contributed by atoms with van der Waals surface area (Å²) < 4.78 is 4.98. The number of amides is 1. The summed E-state index contributed by atoms with van der Waals surface area (Å²) in [5.74, 6) is 1.12. The molecule has 2 N–H and O–H groups in total. The first kappa shape index (κ1) is 16.4. The third-order valence-electron chi connectivity index (χ3n) is 3.97. The molecule has 24 heavy (non-hydrogen) atoms. The highest BCUT2D eigenvalue weighted by molar-refractivity contribution is 5.90. The molecule has 2 aromatic rings. The molecule has 0 radical (unpaired) electrons. The Labute approximate surface area is 140 Å². The molecule has 1 fully saturated rings. The number of piperidine rings is 1. The van der Waals surface area contributed by atoms with Crippen molar-refractivity contribution in [1.29, 1.82) is 0 Å². The first-order valence-corrected chi connectivity index (χ1v) is 8.12. The van der Waals surface area contributed by atoms with Gasteiger partial charge in [-0.15, -0.1) is 5.10 Å². The monoisotopic (exact) mass is 330 g/mol. The lowest BCUT2D eigenvalue weighted by atomic mass is 10.1. The van der Waals surface area contributed by atoms with E-state index in [1.54, 1.807) is 6.07 Å². The van der Waals surface area contributed by atoms with Crippen LogP contribution in [0.25, 0.3) is 0 Å². The highest BCUT2D eigenvalue weighted by Gasteiger charge is 2.21. The predicted octanol–water partition coefficient (Wildman–Crippen LogP) is 1.28. The van der Waals surface area contributed by atoms with Crippen molar-refractivity contribution in [3.8, 4) is 0 Å². The number of nitrogens with zero attached hydrogens (tertiary/aromatic N) is 4. The van der Waals surface area contributed by atoms with E-state index in [1.807, 2.05) is 26.0 Å². The van der Waals surface area contributed by atoms with Crippen molar-refractivity contribution in [2.24, 2.45) is 0 Å². The fraction of sp³-hybridized carbons (Fsp3) is 0.500. The van der Waals surface area contributed by atoms with Gasteiger partial charge >= 0.3 is 0 Å². The fourth-order valence-corrected chi connectivity index (χ4v) is 2.75. The summed E-state index contributed by atoms with van der Waals surface area (Å²) >= 11 is 0. The Morgan fingerprint density at radius 2 is 2.21 bits per heavy atom. The summed E-state index contributed by atoms with van der Waals surface area (Å²) in [5, 5.41) is 18.1. The Morgan fingerprint density at radius 3 is 2.92 bits per heavy atom. The van der Waals surface area contributed by atoms with Gasteiger partial charge in [0.15, 0.2) is 5.82 Å². The first-order chi connectivity index (χ1) is 11.6. The average Bonchev–Trinajstić information content (AvgIpc) is 2.99. The maximum Gasteiger partial charge on any atom is 0.240 e. The molecule has 8 heteroatoms. The smallest absolute Gasteiger partial charge is 0.240 e. The molecule has 2 aromatic heterocycles. The van der Waals surface area contributed by atoms with E-state index in [1.165, 1.54) is 0 Å². The first-order valence-electron chi connectivity index (χ1n) is 8.12. The Kier molecular flexibility index (Phi) is 5.05. The number of anilines is 2. The summed E-state index contributed by atoms with van der Waals surface area (Å²) in [6.07, 6.45) is 2.08. The zero-order valence-electron chi connectivity index (χ0n) is 14.0. The number of hydrogen-bond acceptors (Lipinski definition) is 7. The van der Waals surface area contributed by atoms with E-state index < -0.39 is 0 Å². The maximum atomic E-state index is 12.0. The van der Waals surface area contributed by atoms with Crippen molar-refractivity contribution in [1.82, 2.24) is 20.7 Å². The van der Waals surface area contributed by atoms with Gasteiger partial charge in [-0.2, -0.15) is 5.10 Å². The molecule has 128 valence electrons. The van der Waals surface area contributed by atoms with Gasteiger partial charge in [0.2, 0.25) is 11.8 Å². The standard InChI is InChI=1S/C16H22N6O2/c1-11-5-6-14(20-19-11)22-7-3-4-13(10-22)17-9-15(23)18-16-8-12(2)21-24-16/h5-6,8,13,17H,3-4,7,9-10H2,1-2H3,(H,18,23)/t13-/m0/s1. The highest BCUT2D eigenvalue weighted by atomic mass is 16.5. The third-order valence-corrected chi connectivity index (χ3v) is 3.97. The number of aromatic nitrogens is 3. The summed E-state index contributed by atoms with van der Waals surface area (Å²) in [4.78, 5) is 14.2. The molecule has 3 heterocycles. The number of carbonyl (C=O) groups is 1. The summed E-state index contributed by atoms with van der Waals surface area (Å²) in [5.41, 5.74) is 1.64. The quantitative estimate of drug-likeness (QED) is 0.852. The molecule has 1 aliphatic rings. The molecule has 0 spiro atoms. The van der Waals surface area contributed by atoms with E-state index in [0.717, 1.165) is 43.1 Å². The van der Waals surface area contributed by atoms with Gasteiger partial charge in [0.1, 0.15) is 0 Å². The van der Waals surface area contributed by atoms with E-state index >= 15 is 0 Å². The van der Waals surface area contributed by atoms with Gasteiger partial charge in [-0.05, 0) is 38.8 Å². The highest BCUT2D eigenvalue weighted by Crippen LogP contribution is 2.17. The van der Waals surface area contributed by atoms with Crippen molar-refractivity contribution in [2.75, 3.05) is 29.9 Å². The van der Waals surface area contributed by atoms with Gasteiger partial charge in [-0.1, -0.05) is 5.16 Å². The molecule has 0 aromatic carbocycles. The number of rotatable bonds is 5. The predicted molar refractivity (Wildman–Crippen MR) is 89.9 cm³/mol. The lowest BCUT2D eigenvalue weighted by Crippen LogP contribution is -2.48. The number of aryl methyl sites for hydroxylation is 2. The molecule has 1 atom stereocenters. The third kappa shape index (κ3) is 4.29. The normalized spacial score (nSPS) is 17.8. The SMILES string of the molecule is Cc1ccc(N2CCC[C@H](NCC(=O)Nc3cc(C)no3)C2)nn1. The fourth-order valence-electron chi connectivity index (χ4n) is 2.75. The van der Waals surface area contributed by atoms with Crippen LogP contribution in [-0.2, 0) is 4.79 Å². The zero-order chi connectivity index (χ0) is 16.9. The Morgan fingerprint density at radius 1 is 1.33 bits per heavy atom.